The maximum absolute atomic E-state index is 13.7. The number of para-hydroxylation sites is 1. The van der Waals surface area contributed by atoms with Crippen molar-refractivity contribution in [2.45, 2.75) is 6.42 Å². The molecule has 0 atom stereocenters. The van der Waals surface area contributed by atoms with Gasteiger partial charge in [0.05, 0.1) is 15.8 Å². The predicted octanol–water partition coefficient (Wildman–Crippen LogP) is 3.78. The first-order valence-electron chi connectivity index (χ1n) is 6.82. The minimum absolute atomic E-state index is 0.0980. The third-order valence-electron chi connectivity index (χ3n) is 3.56. The zero-order valence-corrected chi connectivity index (χ0v) is 12.5. The molecule has 3 aromatic rings. The van der Waals surface area contributed by atoms with Crippen molar-refractivity contribution in [3.63, 3.8) is 0 Å². The molecule has 1 heterocycles. The van der Waals surface area contributed by atoms with E-state index in [1.54, 1.807) is 0 Å². The summed E-state index contributed by atoms with van der Waals surface area (Å²) in [7, 11) is 0. The van der Waals surface area contributed by atoms with Crippen LogP contribution in [0.5, 0.6) is 0 Å². The first-order valence-corrected chi connectivity index (χ1v) is 7.64. The molecule has 0 saturated heterocycles. The van der Waals surface area contributed by atoms with E-state index in [0.29, 0.717) is 16.8 Å². The maximum atomic E-state index is 13.7. The molecule has 0 spiro atoms. The average molecular weight is 329 g/mol. The number of fused-ring (bicyclic) bond motifs is 2. The van der Waals surface area contributed by atoms with Gasteiger partial charge < -0.3 is 0 Å². The van der Waals surface area contributed by atoms with Crippen molar-refractivity contribution >= 4 is 38.2 Å². The van der Waals surface area contributed by atoms with Crippen LogP contribution < -0.4 is 5.43 Å². The smallest absolute Gasteiger partial charge is 0.212 e. The molecule has 1 N–H and O–H groups in total. The Balaban J connectivity index is 1.63. The molecule has 0 bridgehead atoms. The Labute approximate surface area is 133 Å². The fourth-order valence-corrected chi connectivity index (χ4v) is 3.36. The third-order valence-corrected chi connectivity index (χ3v) is 4.51. The molecule has 0 unspecified atom stereocenters. The number of carbonyl (C=O) groups excluding carboxylic acids is 1. The lowest BCUT2D eigenvalue weighted by Crippen LogP contribution is -2.11. The molecule has 0 amide bonds. The molecule has 1 aliphatic carbocycles. The van der Waals surface area contributed by atoms with Gasteiger partial charge in [0.2, 0.25) is 10.9 Å². The Morgan fingerprint density at radius 1 is 1.22 bits per heavy atom. The van der Waals surface area contributed by atoms with Crippen molar-refractivity contribution < 1.29 is 13.6 Å². The van der Waals surface area contributed by atoms with Crippen LogP contribution >= 0.6 is 11.3 Å². The molecular weight excluding hydrogens is 320 g/mol. The highest BCUT2D eigenvalue weighted by atomic mass is 32.1. The number of rotatable bonds is 2. The number of nitrogens with zero attached hydrogens (tertiary/aromatic N) is 2. The lowest BCUT2D eigenvalue weighted by Gasteiger charge is -1.97. The topological polar surface area (TPSA) is 54.4 Å². The number of carbonyl (C=O) groups is 1. The summed E-state index contributed by atoms with van der Waals surface area (Å²) in [4.78, 5) is 16.5. The third kappa shape index (κ3) is 2.39. The molecule has 7 heteroatoms. The Morgan fingerprint density at radius 3 is 2.87 bits per heavy atom. The first-order chi connectivity index (χ1) is 11.1. The van der Waals surface area contributed by atoms with Crippen LogP contribution in [0, 0.1) is 11.6 Å². The monoisotopic (exact) mass is 329 g/mol. The summed E-state index contributed by atoms with van der Waals surface area (Å²) in [5.41, 5.74) is 3.92. The molecule has 1 aromatic heterocycles. The van der Waals surface area contributed by atoms with E-state index >= 15 is 0 Å². The number of hydrogen-bond acceptors (Lipinski definition) is 5. The molecule has 2 aromatic carbocycles. The Kier molecular flexibility index (Phi) is 3.16. The summed E-state index contributed by atoms with van der Waals surface area (Å²) in [6.07, 6.45) is 0.0980. The fourth-order valence-electron chi connectivity index (χ4n) is 2.55. The summed E-state index contributed by atoms with van der Waals surface area (Å²) >= 11 is 1.40. The van der Waals surface area contributed by atoms with Gasteiger partial charge in [-0.05, 0) is 23.8 Å². The second-order valence-electron chi connectivity index (χ2n) is 5.08. The van der Waals surface area contributed by atoms with E-state index in [-0.39, 0.29) is 17.7 Å². The minimum atomic E-state index is -0.852. The number of benzene rings is 2. The van der Waals surface area contributed by atoms with Gasteiger partial charge in [-0.2, -0.15) is 5.10 Å². The standard InChI is InChI=1S/C16H9F2N3OS/c17-9-5-8-6-12(15(22)14(8)10(18)7-9)20-21-16-19-11-3-1-2-4-13(11)23-16/h1-5,7H,6H2,(H,19,21)/b20-12-. The lowest BCUT2D eigenvalue weighted by atomic mass is 10.1. The van der Waals surface area contributed by atoms with Gasteiger partial charge in [0.15, 0.2) is 0 Å². The van der Waals surface area contributed by atoms with Crippen LogP contribution in [-0.2, 0) is 6.42 Å². The second-order valence-corrected chi connectivity index (χ2v) is 6.12. The molecule has 4 nitrogen and oxygen atoms in total. The highest BCUT2D eigenvalue weighted by Gasteiger charge is 2.30. The van der Waals surface area contributed by atoms with E-state index in [0.717, 1.165) is 16.3 Å². The molecular formula is C16H9F2N3OS. The van der Waals surface area contributed by atoms with Crippen molar-refractivity contribution in [2.24, 2.45) is 5.10 Å². The Hall–Kier alpha value is -2.67. The number of anilines is 1. The average Bonchev–Trinajstić information content (AvgIpc) is 3.06. The highest BCUT2D eigenvalue weighted by Crippen LogP contribution is 2.27. The first kappa shape index (κ1) is 14.0. The van der Waals surface area contributed by atoms with Gasteiger partial charge in [-0.15, -0.1) is 0 Å². The molecule has 0 radical (unpaired) electrons. The van der Waals surface area contributed by atoms with Gasteiger partial charge in [0.1, 0.15) is 17.3 Å². The van der Waals surface area contributed by atoms with Crippen molar-refractivity contribution in [1.82, 2.24) is 4.98 Å². The number of halogens is 2. The van der Waals surface area contributed by atoms with Crippen LogP contribution in [0.3, 0.4) is 0 Å². The van der Waals surface area contributed by atoms with Gasteiger partial charge in [-0.3, -0.25) is 10.2 Å². The summed E-state index contributed by atoms with van der Waals surface area (Å²) in [5.74, 6) is -2.07. The van der Waals surface area contributed by atoms with E-state index in [2.05, 4.69) is 15.5 Å². The minimum Gasteiger partial charge on any atom is -0.287 e. The second kappa shape index (κ2) is 5.20. The predicted molar refractivity (Wildman–Crippen MR) is 85.1 cm³/mol. The number of aromatic nitrogens is 1. The fraction of sp³-hybridized carbons (Fsp3) is 0.0625. The van der Waals surface area contributed by atoms with E-state index in [9.17, 15) is 13.6 Å². The summed E-state index contributed by atoms with van der Waals surface area (Å²) < 4.78 is 28.0. The number of ketones is 1. The molecule has 0 aliphatic heterocycles. The SMILES string of the molecule is O=C1/C(=N\Nc2nc3ccccc3s2)Cc2cc(F)cc(F)c21. The van der Waals surface area contributed by atoms with Crippen molar-refractivity contribution in [2.75, 3.05) is 5.43 Å². The van der Waals surface area contributed by atoms with Gasteiger partial charge in [0, 0.05) is 12.5 Å². The molecule has 114 valence electrons. The molecule has 4 rings (SSSR count). The van der Waals surface area contributed by atoms with Gasteiger partial charge in [0.25, 0.3) is 0 Å². The normalized spacial score (nSPS) is 15.4. The van der Waals surface area contributed by atoms with Crippen molar-refractivity contribution in [1.29, 1.82) is 0 Å². The quantitative estimate of drug-likeness (QED) is 0.728. The van der Waals surface area contributed by atoms with Crippen LogP contribution in [-0.4, -0.2) is 16.5 Å². The van der Waals surface area contributed by atoms with Crippen LogP contribution in [0.2, 0.25) is 0 Å². The zero-order chi connectivity index (χ0) is 16.0. The number of hydrogen-bond donors (Lipinski definition) is 1. The lowest BCUT2D eigenvalue weighted by molar-refractivity contribution is 0.106. The molecule has 0 fully saturated rings. The maximum Gasteiger partial charge on any atom is 0.212 e. The summed E-state index contributed by atoms with van der Waals surface area (Å²) in [5, 5.41) is 4.57. The largest absolute Gasteiger partial charge is 0.287 e. The van der Waals surface area contributed by atoms with Gasteiger partial charge in [-0.1, -0.05) is 23.5 Å². The van der Waals surface area contributed by atoms with E-state index in [1.165, 1.54) is 11.3 Å². The number of nitrogens with one attached hydrogen (secondary N) is 1. The molecule has 1 aliphatic rings. The number of thiazole rings is 1. The van der Waals surface area contributed by atoms with E-state index < -0.39 is 17.4 Å². The van der Waals surface area contributed by atoms with Gasteiger partial charge >= 0.3 is 0 Å². The number of hydrazone groups is 1. The summed E-state index contributed by atoms with van der Waals surface area (Å²) in [6, 6.07) is 9.47. The molecule has 23 heavy (non-hydrogen) atoms. The van der Waals surface area contributed by atoms with Crippen molar-refractivity contribution in [3.8, 4) is 0 Å². The van der Waals surface area contributed by atoms with Crippen LogP contribution in [0.15, 0.2) is 41.5 Å². The van der Waals surface area contributed by atoms with E-state index in [1.807, 2.05) is 24.3 Å². The van der Waals surface area contributed by atoms with Gasteiger partial charge in [-0.25, -0.2) is 13.8 Å². The van der Waals surface area contributed by atoms with Crippen LogP contribution in [0.4, 0.5) is 13.9 Å². The molecule has 0 saturated carbocycles. The Morgan fingerprint density at radius 2 is 2.04 bits per heavy atom. The summed E-state index contributed by atoms with van der Waals surface area (Å²) in [6.45, 7) is 0. The van der Waals surface area contributed by atoms with Crippen molar-refractivity contribution in [3.05, 3.63) is 59.2 Å². The van der Waals surface area contributed by atoms with Crippen LogP contribution in [0.25, 0.3) is 10.2 Å². The number of Topliss-reactive ketones (excluding diaryl/α,β-unsaturated/α-hetero) is 1. The van der Waals surface area contributed by atoms with E-state index in [4.69, 9.17) is 0 Å². The van der Waals surface area contributed by atoms with Crippen LogP contribution in [0.1, 0.15) is 15.9 Å². The Bertz CT molecular complexity index is 948. The zero-order valence-electron chi connectivity index (χ0n) is 11.6. The highest BCUT2D eigenvalue weighted by molar-refractivity contribution is 7.22.